The van der Waals surface area contributed by atoms with Crippen molar-refractivity contribution in [3.8, 4) is 0 Å². The largest absolute Gasteiger partial charge is 0.388 e. The van der Waals surface area contributed by atoms with E-state index < -0.39 is 5.60 Å². The van der Waals surface area contributed by atoms with Gasteiger partial charge in [0, 0.05) is 11.6 Å². The maximum absolute atomic E-state index is 12.5. The van der Waals surface area contributed by atoms with Crippen molar-refractivity contribution in [3.63, 3.8) is 0 Å². The van der Waals surface area contributed by atoms with Crippen molar-refractivity contribution in [2.45, 2.75) is 49.5 Å². The van der Waals surface area contributed by atoms with Gasteiger partial charge in [0.2, 0.25) is 5.91 Å². The number of carbonyl (C=O) groups excluding carboxylic acids is 1. The molecule has 2 fully saturated rings. The van der Waals surface area contributed by atoms with E-state index in [4.69, 9.17) is 11.6 Å². The fourth-order valence-electron chi connectivity index (χ4n) is 3.16. The molecule has 108 valence electrons. The highest BCUT2D eigenvalue weighted by molar-refractivity contribution is 6.30. The summed E-state index contributed by atoms with van der Waals surface area (Å²) in [5, 5.41) is 13.9. The summed E-state index contributed by atoms with van der Waals surface area (Å²) >= 11 is 5.89. The van der Waals surface area contributed by atoms with Crippen LogP contribution in [0, 0.1) is 0 Å². The average Bonchev–Trinajstić information content (AvgIpc) is 3.14. The molecule has 2 saturated carbocycles. The lowest BCUT2D eigenvalue weighted by atomic mass is 9.94. The zero-order valence-corrected chi connectivity index (χ0v) is 12.2. The molecule has 2 aliphatic carbocycles. The molecule has 3 rings (SSSR count). The van der Waals surface area contributed by atoms with Crippen molar-refractivity contribution in [2.75, 3.05) is 6.54 Å². The van der Waals surface area contributed by atoms with Crippen LogP contribution in [0.5, 0.6) is 0 Å². The quantitative estimate of drug-likeness (QED) is 0.897. The van der Waals surface area contributed by atoms with Gasteiger partial charge in [-0.1, -0.05) is 36.6 Å². The summed E-state index contributed by atoms with van der Waals surface area (Å²) in [6, 6.07) is 7.52. The maximum Gasteiger partial charge on any atom is 0.230 e. The molecule has 1 aromatic rings. The van der Waals surface area contributed by atoms with E-state index in [-0.39, 0.29) is 11.3 Å². The number of carbonyl (C=O) groups is 1. The fourth-order valence-corrected chi connectivity index (χ4v) is 3.29. The SMILES string of the molecule is O=C(NCC1(O)CCCC1)C1(c2ccc(Cl)cc2)CC1. The number of halogens is 1. The van der Waals surface area contributed by atoms with Crippen LogP contribution < -0.4 is 5.32 Å². The first-order chi connectivity index (χ1) is 9.54. The standard InChI is InChI=1S/C16H20ClNO2/c17-13-5-3-12(4-6-13)16(9-10-16)14(19)18-11-15(20)7-1-2-8-15/h3-6,20H,1-2,7-11H2,(H,18,19). The molecule has 0 aliphatic heterocycles. The van der Waals surface area contributed by atoms with Crippen LogP contribution in [0.2, 0.25) is 5.02 Å². The van der Waals surface area contributed by atoms with Crippen molar-refractivity contribution in [3.05, 3.63) is 34.9 Å². The van der Waals surface area contributed by atoms with Gasteiger partial charge in [-0.15, -0.1) is 0 Å². The Kier molecular flexibility index (Phi) is 3.51. The zero-order chi connectivity index (χ0) is 14.2. The summed E-state index contributed by atoms with van der Waals surface area (Å²) in [6.45, 7) is 0.376. The van der Waals surface area contributed by atoms with Crippen molar-refractivity contribution in [1.29, 1.82) is 0 Å². The van der Waals surface area contributed by atoms with Gasteiger partial charge in [-0.25, -0.2) is 0 Å². The van der Waals surface area contributed by atoms with Crippen molar-refractivity contribution < 1.29 is 9.90 Å². The summed E-state index contributed by atoms with van der Waals surface area (Å²) in [7, 11) is 0. The molecule has 2 aliphatic rings. The predicted molar refractivity (Wildman–Crippen MR) is 78.8 cm³/mol. The van der Waals surface area contributed by atoms with Crippen LogP contribution in [-0.2, 0) is 10.2 Å². The van der Waals surface area contributed by atoms with Gasteiger partial charge in [0.25, 0.3) is 0 Å². The number of rotatable bonds is 4. The summed E-state index contributed by atoms with van der Waals surface area (Å²) in [4.78, 5) is 12.5. The lowest BCUT2D eigenvalue weighted by Gasteiger charge is -2.24. The molecule has 0 radical (unpaired) electrons. The van der Waals surface area contributed by atoms with Crippen molar-refractivity contribution >= 4 is 17.5 Å². The van der Waals surface area contributed by atoms with E-state index in [0.29, 0.717) is 11.6 Å². The molecular weight excluding hydrogens is 274 g/mol. The molecule has 0 spiro atoms. The molecule has 4 heteroatoms. The maximum atomic E-state index is 12.5. The van der Waals surface area contributed by atoms with E-state index >= 15 is 0 Å². The Hall–Kier alpha value is -1.06. The van der Waals surface area contributed by atoms with Gasteiger partial charge >= 0.3 is 0 Å². The van der Waals surface area contributed by atoms with Gasteiger partial charge in [-0.2, -0.15) is 0 Å². The van der Waals surface area contributed by atoms with E-state index in [1.54, 1.807) is 0 Å². The third-order valence-corrected chi connectivity index (χ3v) is 4.95. The average molecular weight is 294 g/mol. The Morgan fingerprint density at radius 2 is 1.75 bits per heavy atom. The van der Waals surface area contributed by atoms with E-state index in [1.807, 2.05) is 24.3 Å². The third kappa shape index (κ3) is 2.57. The van der Waals surface area contributed by atoms with Crippen molar-refractivity contribution in [1.82, 2.24) is 5.32 Å². The summed E-state index contributed by atoms with van der Waals surface area (Å²) in [6.07, 6.45) is 5.43. The van der Waals surface area contributed by atoms with Crippen LogP contribution in [0.3, 0.4) is 0 Å². The molecule has 20 heavy (non-hydrogen) atoms. The minimum Gasteiger partial charge on any atom is -0.388 e. The zero-order valence-electron chi connectivity index (χ0n) is 11.5. The van der Waals surface area contributed by atoms with Gasteiger partial charge in [-0.3, -0.25) is 4.79 Å². The van der Waals surface area contributed by atoms with E-state index in [0.717, 1.165) is 44.1 Å². The highest BCUT2D eigenvalue weighted by Gasteiger charge is 2.51. The second-order valence-corrected chi connectivity index (χ2v) is 6.64. The first kappa shape index (κ1) is 13.9. The molecule has 3 nitrogen and oxygen atoms in total. The molecule has 1 aromatic carbocycles. The molecular formula is C16H20ClNO2. The minimum absolute atomic E-state index is 0.0418. The minimum atomic E-state index is -0.689. The van der Waals surface area contributed by atoms with E-state index in [9.17, 15) is 9.90 Å². The molecule has 2 N–H and O–H groups in total. The van der Waals surface area contributed by atoms with Crippen LogP contribution in [0.25, 0.3) is 0 Å². The first-order valence-corrected chi connectivity index (χ1v) is 7.69. The van der Waals surface area contributed by atoms with Crippen molar-refractivity contribution in [2.24, 2.45) is 0 Å². The fraction of sp³-hybridized carbons (Fsp3) is 0.562. The Bertz CT molecular complexity index is 502. The first-order valence-electron chi connectivity index (χ1n) is 7.31. The molecule has 0 saturated heterocycles. The summed E-state index contributed by atoms with van der Waals surface area (Å²) < 4.78 is 0. The number of hydrogen-bond donors (Lipinski definition) is 2. The lowest BCUT2D eigenvalue weighted by molar-refractivity contribution is -0.124. The van der Waals surface area contributed by atoms with Gasteiger partial charge < -0.3 is 10.4 Å². The number of benzene rings is 1. The van der Waals surface area contributed by atoms with E-state index in [1.165, 1.54) is 0 Å². The highest BCUT2D eigenvalue weighted by atomic mass is 35.5. The lowest BCUT2D eigenvalue weighted by Crippen LogP contribution is -2.44. The highest BCUT2D eigenvalue weighted by Crippen LogP contribution is 2.48. The van der Waals surface area contributed by atoms with Crippen LogP contribution >= 0.6 is 11.6 Å². The molecule has 0 bridgehead atoms. The van der Waals surface area contributed by atoms with Crippen LogP contribution in [-0.4, -0.2) is 23.2 Å². The Morgan fingerprint density at radius 3 is 2.30 bits per heavy atom. The second-order valence-electron chi connectivity index (χ2n) is 6.20. The number of nitrogens with one attached hydrogen (secondary N) is 1. The number of amides is 1. The van der Waals surface area contributed by atoms with Crippen LogP contribution in [0.4, 0.5) is 0 Å². The number of hydrogen-bond acceptors (Lipinski definition) is 2. The Balaban J connectivity index is 1.66. The smallest absolute Gasteiger partial charge is 0.230 e. The normalized spacial score (nSPS) is 22.5. The number of aliphatic hydroxyl groups is 1. The van der Waals surface area contributed by atoms with Gasteiger partial charge in [0.1, 0.15) is 0 Å². The predicted octanol–water partition coefficient (Wildman–Crippen LogP) is 2.79. The van der Waals surface area contributed by atoms with Crippen LogP contribution in [0.1, 0.15) is 44.1 Å². The molecule has 0 atom stereocenters. The molecule has 0 unspecified atom stereocenters. The third-order valence-electron chi connectivity index (χ3n) is 4.69. The second kappa shape index (κ2) is 5.05. The topological polar surface area (TPSA) is 49.3 Å². The van der Waals surface area contributed by atoms with E-state index in [2.05, 4.69) is 5.32 Å². The molecule has 0 heterocycles. The summed E-state index contributed by atoms with van der Waals surface area (Å²) in [5.41, 5.74) is -0.0523. The van der Waals surface area contributed by atoms with Gasteiger partial charge in [-0.05, 0) is 43.4 Å². The summed E-state index contributed by atoms with van der Waals surface area (Å²) in [5.74, 6) is 0.0418. The molecule has 0 aromatic heterocycles. The van der Waals surface area contributed by atoms with Gasteiger partial charge in [0.05, 0.1) is 11.0 Å². The van der Waals surface area contributed by atoms with Crippen LogP contribution in [0.15, 0.2) is 24.3 Å². The van der Waals surface area contributed by atoms with Gasteiger partial charge in [0.15, 0.2) is 0 Å². The Labute approximate surface area is 124 Å². The molecule has 1 amide bonds. The monoisotopic (exact) mass is 293 g/mol. The Morgan fingerprint density at radius 1 is 1.15 bits per heavy atom.